The summed E-state index contributed by atoms with van der Waals surface area (Å²) < 4.78 is 39.4. The van der Waals surface area contributed by atoms with Crippen molar-refractivity contribution in [1.29, 1.82) is 0 Å². The summed E-state index contributed by atoms with van der Waals surface area (Å²) in [7, 11) is -3.87. The van der Waals surface area contributed by atoms with Crippen molar-refractivity contribution < 1.29 is 22.4 Å². The van der Waals surface area contributed by atoms with Gasteiger partial charge in [-0.3, -0.25) is 14.5 Å². The van der Waals surface area contributed by atoms with Gasteiger partial charge in [-0.15, -0.1) is 0 Å². The summed E-state index contributed by atoms with van der Waals surface area (Å²) in [6, 6.07) is 21.6. The molecule has 1 saturated heterocycles. The molecule has 0 spiro atoms. The number of anilines is 1. The van der Waals surface area contributed by atoms with Gasteiger partial charge in [-0.2, -0.15) is 0 Å². The van der Waals surface area contributed by atoms with Gasteiger partial charge < -0.3 is 5.32 Å². The monoisotopic (exact) mass is 480 g/mol. The lowest BCUT2D eigenvalue weighted by atomic mass is 10.1. The zero-order valence-electron chi connectivity index (χ0n) is 18.5. The number of rotatable bonds is 8. The summed E-state index contributed by atoms with van der Waals surface area (Å²) in [4.78, 5) is 26.3. The van der Waals surface area contributed by atoms with Crippen LogP contribution in [-0.2, 0) is 21.1 Å². The van der Waals surface area contributed by atoms with Crippen molar-refractivity contribution in [3.63, 3.8) is 0 Å². The van der Waals surface area contributed by atoms with E-state index in [2.05, 4.69) is 17.4 Å². The first kappa shape index (κ1) is 23.6. The van der Waals surface area contributed by atoms with Crippen LogP contribution in [-0.4, -0.2) is 32.5 Å². The van der Waals surface area contributed by atoms with E-state index in [0.717, 1.165) is 30.2 Å². The van der Waals surface area contributed by atoms with Crippen LogP contribution < -0.4 is 10.2 Å². The highest BCUT2D eigenvalue weighted by molar-refractivity contribution is 7.93. The minimum absolute atomic E-state index is 0.157. The van der Waals surface area contributed by atoms with Gasteiger partial charge in [0.15, 0.2) is 15.2 Å². The molecule has 34 heavy (non-hydrogen) atoms. The van der Waals surface area contributed by atoms with Gasteiger partial charge in [0.1, 0.15) is 11.6 Å². The van der Waals surface area contributed by atoms with E-state index in [1.165, 1.54) is 29.8 Å². The van der Waals surface area contributed by atoms with E-state index in [1.54, 1.807) is 18.2 Å². The number of hydrogen-bond acceptors (Lipinski definition) is 4. The number of nitrogens with zero attached hydrogens (tertiary/aromatic N) is 1. The Morgan fingerprint density at radius 1 is 0.971 bits per heavy atom. The maximum Gasteiger partial charge on any atom is 0.251 e. The lowest BCUT2D eigenvalue weighted by Crippen LogP contribution is -2.29. The summed E-state index contributed by atoms with van der Waals surface area (Å²) >= 11 is 0. The highest BCUT2D eigenvalue weighted by atomic mass is 32.2. The largest absolute Gasteiger partial charge is 0.352 e. The number of unbranched alkanes of at least 4 members (excludes halogenated alkanes) is 1. The van der Waals surface area contributed by atoms with Gasteiger partial charge in [0.05, 0.1) is 0 Å². The van der Waals surface area contributed by atoms with Gasteiger partial charge in [-0.1, -0.05) is 48.5 Å². The molecule has 1 fully saturated rings. The fraction of sp³-hybridized carbons (Fsp3) is 0.231. The van der Waals surface area contributed by atoms with Crippen molar-refractivity contribution in [3.05, 3.63) is 101 Å². The van der Waals surface area contributed by atoms with Gasteiger partial charge in [0.25, 0.3) is 5.91 Å². The molecule has 1 atom stereocenters. The summed E-state index contributed by atoms with van der Waals surface area (Å²) in [5, 5.41) is 1.55. The van der Waals surface area contributed by atoms with Crippen LogP contribution >= 0.6 is 0 Å². The van der Waals surface area contributed by atoms with Crippen molar-refractivity contribution in [2.24, 2.45) is 0 Å². The first-order valence-electron chi connectivity index (χ1n) is 11.1. The van der Waals surface area contributed by atoms with E-state index in [1.807, 2.05) is 18.2 Å². The van der Waals surface area contributed by atoms with E-state index in [0.29, 0.717) is 12.1 Å². The van der Waals surface area contributed by atoms with E-state index < -0.39 is 32.7 Å². The first-order chi connectivity index (χ1) is 16.3. The molecule has 3 aromatic carbocycles. The number of nitrogens with one attached hydrogen (secondary N) is 1. The zero-order chi connectivity index (χ0) is 24.1. The van der Waals surface area contributed by atoms with E-state index in [4.69, 9.17) is 0 Å². The molecule has 4 rings (SSSR count). The minimum atomic E-state index is -3.87. The lowest BCUT2D eigenvalue weighted by Gasteiger charge is -2.24. The normalized spacial score (nSPS) is 17.0. The Bertz CT molecular complexity index is 1290. The van der Waals surface area contributed by atoms with Gasteiger partial charge in [0.2, 0.25) is 5.91 Å². The molecule has 8 heteroatoms. The van der Waals surface area contributed by atoms with Crippen LogP contribution in [0.3, 0.4) is 0 Å². The summed E-state index contributed by atoms with van der Waals surface area (Å²) in [5.41, 5.74) is 1.99. The number of benzene rings is 3. The Morgan fingerprint density at radius 2 is 1.74 bits per heavy atom. The highest BCUT2D eigenvalue weighted by Gasteiger charge is 2.46. The number of amides is 2. The fourth-order valence-electron chi connectivity index (χ4n) is 4.11. The Labute approximate surface area is 198 Å². The summed E-state index contributed by atoms with van der Waals surface area (Å²) in [5.74, 6) is -2.20. The van der Waals surface area contributed by atoms with Crippen LogP contribution in [0.4, 0.5) is 10.1 Å². The van der Waals surface area contributed by atoms with Crippen molar-refractivity contribution in [3.8, 4) is 0 Å². The quantitative estimate of drug-likeness (QED) is 0.494. The van der Waals surface area contributed by atoms with Gasteiger partial charge in [0, 0.05) is 17.8 Å². The second-order valence-corrected chi connectivity index (χ2v) is 10.3. The van der Waals surface area contributed by atoms with E-state index in [9.17, 15) is 22.4 Å². The van der Waals surface area contributed by atoms with Crippen LogP contribution in [0.5, 0.6) is 0 Å². The molecule has 0 aliphatic carbocycles. The first-order valence-corrected chi connectivity index (χ1v) is 12.8. The number of sulfone groups is 1. The Kier molecular flexibility index (Phi) is 7.07. The standard InChI is InChI=1S/C26H25FN2O4S/c27-22-13-7-14-23(17-22)29-24(30)18-34(32,33)26(29)21-12-6-11-20(16-21)25(31)28-15-5-4-10-19-8-2-1-3-9-19/h1-3,6-9,11-14,16-17,26H,4-5,10,15,18H2,(H,28,31). The predicted molar refractivity (Wildman–Crippen MR) is 129 cm³/mol. The molecular weight excluding hydrogens is 455 g/mol. The summed E-state index contributed by atoms with van der Waals surface area (Å²) in [6.07, 6.45) is 2.66. The molecule has 0 bridgehead atoms. The molecule has 1 unspecified atom stereocenters. The molecular formula is C26H25FN2O4S. The second-order valence-electron chi connectivity index (χ2n) is 8.23. The van der Waals surface area contributed by atoms with Crippen molar-refractivity contribution in [2.75, 3.05) is 17.2 Å². The van der Waals surface area contributed by atoms with Gasteiger partial charge in [-0.25, -0.2) is 12.8 Å². The van der Waals surface area contributed by atoms with Crippen molar-refractivity contribution in [2.45, 2.75) is 24.6 Å². The topological polar surface area (TPSA) is 83.6 Å². The molecule has 6 nitrogen and oxygen atoms in total. The molecule has 1 N–H and O–H groups in total. The Morgan fingerprint density at radius 3 is 2.50 bits per heavy atom. The molecule has 1 heterocycles. The number of carbonyl (C=O) groups excluding carboxylic acids is 2. The number of aryl methyl sites for hydroxylation is 1. The predicted octanol–water partition coefficient (Wildman–Crippen LogP) is 4.04. The molecule has 1 aliphatic rings. The van der Waals surface area contributed by atoms with Crippen molar-refractivity contribution >= 4 is 27.3 Å². The number of carbonyl (C=O) groups is 2. The fourth-order valence-corrected chi connectivity index (χ4v) is 5.87. The molecule has 176 valence electrons. The molecule has 1 aliphatic heterocycles. The third-order valence-electron chi connectivity index (χ3n) is 5.71. The summed E-state index contributed by atoms with van der Waals surface area (Å²) in [6.45, 7) is 0.492. The molecule has 2 amide bonds. The van der Waals surface area contributed by atoms with E-state index >= 15 is 0 Å². The number of hydrogen-bond donors (Lipinski definition) is 1. The molecule has 0 radical (unpaired) electrons. The SMILES string of the molecule is O=C(NCCCCc1ccccc1)c1cccc(C2N(c3cccc(F)c3)C(=O)CS2(=O)=O)c1. The van der Waals surface area contributed by atoms with Gasteiger partial charge in [-0.05, 0) is 60.7 Å². The Hall–Kier alpha value is -3.52. The van der Waals surface area contributed by atoms with Crippen molar-refractivity contribution in [1.82, 2.24) is 5.32 Å². The average Bonchev–Trinajstić information content (AvgIpc) is 3.07. The third kappa shape index (κ3) is 5.34. The molecule has 0 saturated carbocycles. The highest BCUT2D eigenvalue weighted by Crippen LogP contribution is 2.37. The van der Waals surface area contributed by atoms with Gasteiger partial charge >= 0.3 is 0 Å². The van der Waals surface area contributed by atoms with Crippen LogP contribution in [0.1, 0.15) is 39.7 Å². The number of halogens is 1. The minimum Gasteiger partial charge on any atom is -0.352 e. The zero-order valence-corrected chi connectivity index (χ0v) is 19.3. The maximum absolute atomic E-state index is 13.8. The van der Waals surface area contributed by atoms with Crippen LogP contribution in [0, 0.1) is 5.82 Å². The molecule has 3 aromatic rings. The van der Waals surface area contributed by atoms with E-state index in [-0.39, 0.29) is 17.2 Å². The second kappa shape index (κ2) is 10.2. The lowest BCUT2D eigenvalue weighted by molar-refractivity contribution is -0.115. The van der Waals surface area contributed by atoms with Crippen LogP contribution in [0.15, 0.2) is 78.9 Å². The molecule has 0 aromatic heterocycles. The third-order valence-corrected chi connectivity index (χ3v) is 7.52. The Balaban J connectivity index is 1.46. The smallest absolute Gasteiger partial charge is 0.251 e. The van der Waals surface area contributed by atoms with Crippen LogP contribution in [0.2, 0.25) is 0 Å². The average molecular weight is 481 g/mol. The maximum atomic E-state index is 13.8. The van der Waals surface area contributed by atoms with Crippen LogP contribution in [0.25, 0.3) is 0 Å².